The number of hydrogen-bond acceptors (Lipinski definition) is 8. The van der Waals surface area contributed by atoms with E-state index in [0.29, 0.717) is 81.6 Å². The first-order valence-electron chi connectivity index (χ1n) is 14.6. The van der Waals surface area contributed by atoms with Crippen molar-refractivity contribution >= 4 is 28.6 Å². The van der Waals surface area contributed by atoms with Gasteiger partial charge in [0.25, 0.3) is 5.69 Å². The van der Waals surface area contributed by atoms with Gasteiger partial charge in [-0.1, -0.05) is 0 Å². The standard InChI is InChI=1S/C30H32F6N4O5/c31-29(32,33)20-1-8-27-19(15-20)16-24(44-27)9-10-38-11-13-39(14-12-38)28(18-41)45-23-5-2-21(3-6-23)37-22-4-7-26(40(42)43)25(17-22)30(34,35)36/h1,4,7-8,15-18,21,23,28,37H,2-3,5-6,9-14H2. The number of benzene rings is 2. The molecule has 2 fully saturated rings. The van der Waals surface area contributed by atoms with Gasteiger partial charge in [-0.25, -0.2) is 0 Å². The summed E-state index contributed by atoms with van der Waals surface area (Å²) in [4.78, 5) is 26.0. The minimum atomic E-state index is -4.86. The van der Waals surface area contributed by atoms with Crippen molar-refractivity contribution in [2.45, 2.75) is 62.8 Å². The molecule has 1 aliphatic heterocycles. The Balaban J connectivity index is 1.06. The second kappa shape index (κ2) is 13.3. The maximum absolute atomic E-state index is 13.3. The number of aldehydes is 1. The van der Waals surface area contributed by atoms with E-state index in [-0.39, 0.29) is 17.8 Å². The molecule has 1 N–H and O–H groups in total. The van der Waals surface area contributed by atoms with E-state index in [1.807, 2.05) is 4.90 Å². The minimum absolute atomic E-state index is 0.149. The molecule has 1 aliphatic carbocycles. The van der Waals surface area contributed by atoms with Crippen molar-refractivity contribution in [2.24, 2.45) is 0 Å². The molecule has 3 aromatic rings. The zero-order chi connectivity index (χ0) is 32.4. The van der Waals surface area contributed by atoms with E-state index in [4.69, 9.17) is 9.15 Å². The van der Waals surface area contributed by atoms with Crippen molar-refractivity contribution in [2.75, 3.05) is 38.0 Å². The topological polar surface area (TPSA) is 101 Å². The van der Waals surface area contributed by atoms with Gasteiger partial charge in [0.1, 0.15) is 16.9 Å². The molecule has 0 bridgehead atoms. The molecule has 2 aromatic carbocycles. The third kappa shape index (κ3) is 8.13. The molecule has 0 amide bonds. The molecule has 1 aromatic heterocycles. The third-order valence-corrected chi connectivity index (χ3v) is 8.33. The van der Waals surface area contributed by atoms with E-state index in [2.05, 4.69) is 10.2 Å². The Labute approximate surface area is 254 Å². The summed E-state index contributed by atoms with van der Waals surface area (Å²) >= 11 is 0. The highest BCUT2D eigenvalue weighted by Gasteiger charge is 2.39. The fraction of sp³-hybridized carbons (Fsp3) is 0.500. The number of furan rings is 1. The molecular weight excluding hydrogens is 610 g/mol. The molecule has 0 spiro atoms. The summed E-state index contributed by atoms with van der Waals surface area (Å²) in [7, 11) is 0. The summed E-state index contributed by atoms with van der Waals surface area (Å²) in [5.74, 6) is 0.598. The molecular formula is C30H32F6N4O5. The van der Waals surface area contributed by atoms with E-state index in [0.717, 1.165) is 30.6 Å². The molecule has 45 heavy (non-hydrogen) atoms. The summed E-state index contributed by atoms with van der Waals surface area (Å²) in [6, 6.07) is 7.76. The molecule has 1 atom stereocenters. The van der Waals surface area contributed by atoms with Crippen LogP contribution in [0.5, 0.6) is 0 Å². The number of hydrogen-bond donors (Lipinski definition) is 1. The van der Waals surface area contributed by atoms with Crippen LogP contribution in [0.15, 0.2) is 46.9 Å². The number of piperazine rings is 1. The second-order valence-electron chi connectivity index (χ2n) is 11.4. The molecule has 2 heterocycles. The number of nitrogens with zero attached hydrogens (tertiary/aromatic N) is 3. The van der Waals surface area contributed by atoms with Crippen LogP contribution in [-0.4, -0.2) is 72.1 Å². The Morgan fingerprint density at radius 1 is 0.978 bits per heavy atom. The van der Waals surface area contributed by atoms with Crippen LogP contribution < -0.4 is 5.32 Å². The van der Waals surface area contributed by atoms with Crippen LogP contribution in [-0.2, 0) is 28.3 Å². The Hall–Kier alpha value is -3.69. The van der Waals surface area contributed by atoms with Crippen molar-refractivity contribution in [3.05, 3.63) is 69.5 Å². The number of nitrogens with one attached hydrogen (secondary N) is 1. The van der Waals surface area contributed by atoms with Gasteiger partial charge >= 0.3 is 12.4 Å². The monoisotopic (exact) mass is 642 g/mol. The van der Waals surface area contributed by atoms with Gasteiger partial charge in [-0.15, -0.1) is 0 Å². The first kappa shape index (κ1) is 32.7. The molecule has 2 aliphatic rings. The van der Waals surface area contributed by atoms with Crippen LogP contribution in [0.25, 0.3) is 11.0 Å². The van der Waals surface area contributed by atoms with Crippen LogP contribution in [0, 0.1) is 10.1 Å². The number of halogens is 6. The molecule has 9 nitrogen and oxygen atoms in total. The van der Waals surface area contributed by atoms with Gasteiger partial charge in [-0.2, -0.15) is 26.3 Å². The SMILES string of the molecule is O=CC(OC1CCC(Nc2ccc([N+](=O)[O-])c(C(F)(F)F)c2)CC1)N1CCN(CCc2cc3cc(C(F)(F)F)ccc3o2)CC1. The molecule has 0 radical (unpaired) electrons. The number of carbonyl (C=O) groups excluding carboxylic acids is 1. The third-order valence-electron chi connectivity index (χ3n) is 8.33. The number of alkyl halides is 6. The fourth-order valence-corrected chi connectivity index (χ4v) is 5.90. The zero-order valence-corrected chi connectivity index (χ0v) is 24.1. The zero-order valence-electron chi connectivity index (χ0n) is 24.1. The van der Waals surface area contributed by atoms with E-state index in [1.165, 1.54) is 12.1 Å². The van der Waals surface area contributed by atoms with Gasteiger partial charge in [0, 0.05) is 62.3 Å². The first-order valence-corrected chi connectivity index (χ1v) is 14.6. The lowest BCUT2D eigenvalue weighted by Gasteiger charge is -2.39. The Morgan fingerprint density at radius 3 is 2.31 bits per heavy atom. The van der Waals surface area contributed by atoms with Crippen molar-refractivity contribution in [3.8, 4) is 0 Å². The molecule has 244 valence electrons. The summed E-state index contributed by atoms with van der Waals surface area (Å²) in [6.45, 7) is 3.13. The summed E-state index contributed by atoms with van der Waals surface area (Å²) in [5.41, 5.74) is -2.47. The van der Waals surface area contributed by atoms with Gasteiger partial charge in [0.05, 0.1) is 16.6 Å². The molecule has 15 heteroatoms. The fourth-order valence-electron chi connectivity index (χ4n) is 5.90. The summed E-state index contributed by atoms with van der Waals surface area (Å²) in [6.07, 6.45) is -6.58. The minimum Gasteiger partial charge on any atom is -0.461 e. The van der Waals surface area contributed by atoms with Crippen molar-refractivity contribution < 1.29 is 45.2 Å². The van der Waals surface area contributed by atoms with Crippen molar-refractivity contribution in [1.82, 2.24) is 9.80 Å². The lowest BCUT2D eigenvalue weighted by Crippen LogP contribution is -2.52. The smallest absolute Gasteiger partial charge is 0.423 e. The Bertz CT molecular complexity index is 1490. The van der Waals surface area contributed by atoms with Gasteiger partial charge < -0.3 is 19.4 Å². The van der Waals surface area contributed by atoms with Crippen LogP contribution in [0.3, 0.4) is 0 Å². The van der Waals surface area contributed by atoms with Crippen LogP contribution >= 0.6 is 0 Å². The highest BCUT2D eigenvalue weighted by Crippen LogP contribution is 2.38. The van der Waals surface area contributed by atoms with Crippen LogP contribution in [0.2, 0.25) is 0 Å². The average molecular weight is 643 g/mol. The normalized spacial score (nSPS) is 21.1. The van der Waals surface area contributed by atoms with E-state index in [1.54, 1.807) is 6.07 Å². The lowest BCUT2D eigenvalue weighted by atomic mass is 9.92. The summed E-state index contributed by atoms with van der Waals surface area (Å²) < 4.78 is 90.8. The van der Waals surface area contributed by atoms with Crippen LogP contribution in [0.4, 0.5) is 37.7 Å². The number of nitro benzene ring substituents is 1. The second-order valence-corrected chi connectivity index (χ2v) is 11.4. The number of nitro groups is 1. The number of rotatable bonds is 10. The molecule has 1 saturated heterocycles. The highest BCUT2D eigenvalue weighted by atomic mass is 19.4. The van der Waals surface area contributed by atoms with Crippen molar-refractivity contribution in [1.29, 1.82) is 0 Å². The number of fused-ring (bicyclic) bond motifs is 1. The van der Waals surface area contributed by atoms with Gasteiger partial charge in [-0.05, 0) is 62.1 Å². The van der Waals surface area contributed by atoms with Gasteiger partial charge in [-0.3, -0.25) is 19.8 Å². The maximum atomic E-state index is 13.3. The van der Waals surface area contributed by atoms with E-state index < -0.39 is 40.3 Å². The predicted octanol–water partition coefficient (Wildman–Crippen LogP) is 6.50. The van der Waals surface area contributed by atoms with Crippen LogP contribution in [0.1, 0.15) is 42.6 Å². The highest BCUT2D eigenvalue weighted by molar-refractivity contribution is 5.78. The van der Waals surface area contributed by atoms with E-state index >= 15 is 0 Å². The molecule has 1 unspecified atom stereocenters. The predicted molar refractivity (Wildman–Crippen MR) is 152 cm³/mol. The van der Waals surface area contributed by atoms with Gasteiger partial charge in [0.2, 0.25) is 0 Å². The maximum Gasteiger partial charge on any atom is 0.423 e. The number of carbonyl (C=O) groups is 1. The molecule has 5 rings (SSSR count). The quantitative estimate of drug-likeness (QED) is 0.116. The number of ether oxygens (including phenoxy) is 1. The lowest BCUT2D eigenvalue weighted by molar-refractivity contribution is -0.388. The first-order chi connectivity index (χ1) is 21.3. The Morgan fingerprint density at radius 2 is 1.69 bits per heavy atom. The van der Waals surface area contributed by atoms with E-state index in [9.17, 15) is 41.3 Å². The van der Waals surface area contributed by atoms with Crippen molar-refractivity contribution in [3.63, 3.8) is 0 Å². The largest absolute Gasteiger partial charge is 0.461 e. The van der Waals surface area contributed by atoms with Gasteiger partial charge in [0.15, 0.2) is 12.5 Å². The Kier molecular flexibility index (Phi) is 9.70. The summed E-state index contributed by atoms with van der Waals surface area (Å²) in [5, 5.41) is 14.4. The molecule has 1 saturated carbocycles. The number of anilines is 1. The average Bonchev–Trinajstić information content (AvgIpc) is 3.41.